The number of anilines is 1. The Labute approximate surface area is 163 Å². The van der Waals surface area contributed by atoms with Gasteiger partial charge in [-0.25, -0.2) is 4.39 Å². The number of halogens is 1. The van der Waals surface area contributed by atoms with E-state index in [2.05, 4.69) is 45.9 Å². The van der Waals surface area contributed by atoms with Gasteiger partial charge in [0, 0.05) is 30.3 Å². The molecule has 2 aromatic heterocycles. The number of hydrogen-bond donors (Lipinski definition) is 1. The normalized spacial score (nSPS) is 19.4. The summed E-state index contributed by atoms with van der Waals surface area (Å²) in [5, 5.41) is 4.04. The van der Waals surface area contributed by atoms with Crippen LogP contribution in [-0.2, 0) is 7.05 Å². The zero-order valence-electron chi connectivity index (χ0n) is 15.5. The number of nitrogens with zero attached hydrogens (tertiary/aromatic N) is 3. The van der Waals surface area contributed by atoms with Crippen LogP contribution in [0, 0.1) is 19.7 Å². The summed E-state index contributed by atoms with van der Waals surface area (Å²) in [6, 6.07) is 15.0. The fourth-order valence-corrected chi connectivity index (χ4v) is 3.99. The zero-order valence-corrected chi connectivity index (χ0v) is 16.3. The first kappa shape index (κ1) is 17.7. The lowest BCUT2D eigenvalue weighted by atomic mass is 10.0. The summed E-state index contributed by atoms with van der Waals surface area (Å²) >= 11 is 5.69. The van der Waals surface area contributed by atoms with Gasteiger partial charge in [0.15, 0.2) is 5.11 Å². The Bertz CT molecular complexity index is 999. The molecule has 0 spiro atoms. The van der Waals surface area contributed by atoms with E-state index in [1.807, 2.05) is 24.3 Å². The number of rotatable bonds is 3. The lowest BCUT2D eigenvalue weighted by molar-refractivity contribution is 0.538. The van der Waals surface area contributed by atoms with Crippen molar-refractivity contribution in [2.45, 2.75) is 25.9 Å². The van der Waals surface area contributed by atoms with Crippen molar-refractivity contribution in [1.82, 2.24) is 14.9 Å². The standard InChI is InChI=1S/C21H21FN4S/c1-13-12-15(8-9-16(13)22)26-20(18-10-7-14(2)25(18)3)19(24-21(26)27)17-6-4-5-11-23-17/h4-12,19-20H,1-3H3,(H,24,27)/t19-,20-/m1/s1. The lowest BCUT2D eigenvalue weighted by Gasteiger charge is -2.28. The van der Waals surface area contributed by atoms with Crippen LogP contribution in [0.15, 0.2) is 54.7 Å². The highest BCUT2D eigenvalue weighted by Crippen LogP contribution is 2.42. The van der Waals surface area contributed by atoms with Crippen molar-refractivity contribution < 1.29 is 4.39 Å². The van der Waals surface area contributed by atoms with Crippen molar-refractivity contribution in [2.24, 2.45) is 7.05 Å². The Balaban J connectivity index is 1.87. The largest absolute Gasteiger partial charge is 0.351 e. The fraction of sp³-hybridized carbons (Fsp3) is 0.238. The third-order valence-electron chi connectivity index (χ3n) is 5.23. The molecule has 3 aromatic rings. The summed E-state index contributed by atoms with van der Waals surface area (Å²) in [4.78, 5) is 6.61. The minimum Gasteiger partial charge on any atom is -0.351 e. The minimum absolute atomic E-state index is 0.0871. The molecule has 2 atom stereocenters. The average molecular weight is 380 g/mol. The van der Waals surface area contributed by atoms with E-state index in [9.17, 15) is 4.39 Å². The molecule has 4 rings (SSSR count). The maximum Gasteiger partial charge on any atom is 0.174 e. The molecule has 138 valence electrons. The van der Waals surface area contributed by atoms with Crippen molar-refractivity contribution in [3.63, 3.8) is 0 Å². The Hall–Kier alpha value is -2.73. The maximum absolute atomic E-state index is 13.8. The molecule has 0 bridgehead atoms. The van der Waals surface area contributed by atoms with Crippen LogP contribution >= 0.6 is 12.2 Å². The Morgan fingerprint density at radius 1 is 1.11 bits per heavy atom. The number of hydrogen-bond acceptors (Lipinski definition) is 2. The van der Waals surface area contributed by atoms with E-state index in [-0.39, 0.29) is 17.9 Å². The van der Waals surface area contributed by atoms with E-state index in [1.54, 1.807) is 19.2 Å². The molecule has 1 aromatic carbocycles. The van der Waals surface area contributed by atoms with Crippen LogP contribution in [0.3, 0.4) is 0 Å². The highest BCUT2D eigenvalue weighted by atomic mass is 32.1. The number of aryl methyl sites for hydroxylation is 2. The van der Waals surface area contributed by atoms with Crippen LogP contribution in [0.1, 0.15) is 34.7 Å². The van der Waals surface area contributed by atoms with Gasteiger partial charge in [0.2, 0.25) is 0 Å². The van der Waals surface area contributed by atoms with Crippen LogP contribution in [0.25, 0.3) is 0 Å². The van der Waals surface area contributed by atoms with Gasteiger partial charge in [-0.1, -0.05) is 6.07 Å². The first-order valence-corrected chi connectivity index (χ1v) is 9.27. The van der Waals surface area contributed by atoms with Gasteiger partial charge in [-0.3, -0.25) is 4.98 Å². The number of benzene rings is 1. The summed E-state index contributed by atoms with van der Waals surface area (Å²) < 4.78 is 16.0. The summed E-state index contributed by atoms with van der Waals surface area (Å²) in [6.45, 7) is 3.84. The van der Waals surface area contributed by atoms with Crippen molar-refractivity contribution in [2.75, 3.05) is 4.90 Å². The third-order valence-corrected chi connectivity index (χ3v) is 5.55. The Kier molecular flexibility index (Phi) is 4.44. The first-order valence-electron chi connectivity index (χ1n) is 8.86. The molecular weight excluding hydrogens is 359 g/mol. The van der Waals surface area contributed by atoms with Gasteiger partial charge in [-0.05, 0) is 74.1 Å². The van der Waals surface area contributed by atoms with Gasteiger partial charge in [0.05, 0.1) is 11.7 Å². The molecule has 1 N–H and O–H groups in total. The van der Waals surface area contributed by atoms with E-state index >= 15 is 0 Å². The van der Waals surface area contributed by atoms with E-state index in [0.29, 0.717) is 10.7 Å². The molecule has 1 aliphatic rings. The van der Waals surface area contributed by atoms with Crippen molar-refractivity contribution in [3.05, 3.63) is 83.2 Å². The molecule has 1 aliphatic heterocycles. The van der Waals surface area contributed by atoms with Crippen LogP contribution < -0.4 is 10.2 Å². The molecule has 1 saturated heterocycles. The molecule has 1 fully saturated rings. The second-order valence-corrected chi connectivity index (χ2v) is 7.28. The highest BCUT2D eigenvalue weighted by Gasteiger charge is 2.42. The zero-order chi connectivity index (χ0) is 19.1. The molecule has 27 heavy (non-hydrogen) atoms. The minimum atomic E-state index is -0.218. The molecule has 6 heteroatoms. The third kappa shape index (κ3) is 3.00. The van der Waals surface area contributed by atoms with Crippen LogP contribution in [0.4, 0.5) is 10.1 Å². The van der Waals surface area contributed by atoms with E-state index in [1.165, 1.54) is 6.07 Å². The highest BCUT2D eigenvalue weighted by molar-refractivity contribution is 7.80. The van der Waals surface area contributed by atoms with Crippen molar-refractivity contribution in [3.8, 4) is 0 Å². The average Bonchev–Trinajstić information content (AvgIpc) is 3.18. The molecule has 3 heterocycles. The first-order chi connectivity index (χ1) is 13.0. The second kappa shape index (κ2) is 6.78. The molecule has 4 nitrogen and oxygen atoms in total. The van der Waals surface area contributed by atoms with Gasteiger partial charge in [0.1, 0.15) is 11.9 Å². The summed E-state index contributed by atoms with van der Waals surface area (Å²) in [7, 11) is 2.05. The monoisotopic (exact) mass is 380 g/mol. The number of nitrogens with one attached hydrogen (secondary N) is 1. The van der Waals surface area contributed by atoms with E-state index in [0.717, 1.165) is 22.8 Å². The summed E-state index contributed by atoms with van der Waals surface area (Å²) in [5.74, 6) is -0.218. The van der Waals surface area contributed by atoms with Crippen molar-refractivity contribution >= 4 is 23.0 Å². The molecule has 0 amide bonds. The molecule has 0 aliphatic carbocycles. The van der Waals surface area contributed by atoms with Crippen LogP contribution in [-0.4, -0.2) is 14.7 Å². The number of pyridine rings is 1. The fourth-order valence-electron chi connectivity index (χ4n) is 3.64. The van der Waals surface area contributed by atoms with E-state index in [4.69, 9.17) is 12.2 Å². The summed E-state index contributed by atoms with van der Waals surface area (Å²) in [6.07, 6.45) is 1.79. The smallest absolute Gasteiger partial charge is 0.174 e. The van der Waals surface area contributed by atoms with Gasteiger partial charge >= 0.3 is 0 Å². The predicted octanol–water partition coefficient (Wildman–Crippen LogP) is 4.35. The number of thiocarbonyl (C=S) groups is 1. The second-order valence-electron chi connectivity index (χ2n) is 6.89. The SMILES string of the molecule is Cc1cc(N2C(=S)N[C@H](c3ccccn3)[C@H]2c2ccc(C)n2C)ccc1F. The van der Waals surface area contributed by atoms with E-state index < -0.39 is 0 Å². The molecule has 0 saturated carbocycles. The van der Waals surface area contributed by atoms with Gasteiger partial charge in [0.25, 0.3) is 0 Å². The van der Waals surface area contributed by atoms with Crippen molar-refractivity contribution in [1.29, 1.82) is 0 Å². The van der Waals surface area contributed by atoms with Gasteiger partial charge in [-0.15, -0.1) is 0 Å². The van der Waals surface area contributed by atoms with Gasteiger partial charge < -0.3 is 14.8 Å². The maximum atomic E-state index is 13.8. The van der Waals surface area contributed by atoms with Crippen LogP contribution in [0.2, 0.25) is 0 Å². The molecule has 0 radical (unpaired) electrons. The Morgan fingerprint density at radius 2 is 1.93 bits per heavy atom. The molecular formula is C21H21FN4S. The predicted molar refractivity (Wildman–Crippen MR) is 109 cm³/mol. The topological polar surface area (TPSA) is 33.1 Å². The summed E-state index contributed by atoms with van der Waals surface area (Å²) in [5.41, 5.74) is 4.67. The Morgan fingerprint density at radius 3 is 2.56 bits per heavy atom. The van der Waals surface area contributed by atoms with Gasteiger partial charge in [-0.2, -0.15) is 0 Å². The molecule has 0 unspecified atom stereocenters. The number of aromatic nitrogens is 2. The lowest BCUT2D eigenvalue weighted by Crippen LogP contribution is -2.30. The quantitative estimate of drug-likeness (QED) is 0.685. The van der Waals surface area contributed by atoms with Crippen LogP contribution in [0.5, 0.6) is 0 Å².